The monoisotopic (exact) mass is 490 g/mol. The van der Waals surface area contributed by atoms with E-state index in [1.807, 2.05) is 6.07 Å². The van der Waals surface area contributed by atoms with Crippen LogP contribution in [0.1, 0.15) is 61.2 Å². The molecule has 1 N–H and O–H groups in total. The van der Waals surface area contributed by atoms with Crippen LogP contribution in [0.4, 0.5) is 11.4 Å². The van der Waals surface area contributed by atoms with Gasteiger partial charge in [-0.1, -0.05) is 18.2 Å². The molecule has 0 unspecified atom stereocenters. The molecule has 0 spiro atoms. The number of nitro benzene ring substituents is 1. The fraction of sp³-hybridized carbons (Fsp3) is 0.345. The quantitative estimate of drug-likeness (QED) is 0.151. The number of nitrogens with zero attached hydrogens (tertiary/aromatic N) is 2. The van der Waals surface area contributed by atoms with Crippen LogP contribution in [0, 0.1) is 10.1 Å². The van der Waals surface area contributed by atoms with E-state index in [0.717, 1.165) is 24.0 Å². The molecule has 0 fully saturated rings. The van der Waals surface area contributed by atoms with E-state index < -0.39 is 10.9 Å². The summed E-state index contributed by atoms with van der Waals surface area (Å²) in [4.78, 5) is 25.4. The van der Waals surface area contributed by atoms with Gasteiger partial charge in [-0.15, -0.1) is 0 Å². The zero-order valence-corrected chi connectivity index (χ0v) is 21.3. The first-order chi connectivity index (χ1) is 17.2. The van der Waals surface area contributed by atoms with Gasteiger partial charge in [0.1, 0.15) is 5.75 Å². The molecule has 0 heterocycles. The Morgan fingerprint density at radius 2 is 1.64 bits per heavy atom. The average molecular weight is 491 g/mol. The predicted molar refractivity (Wildman–Crippen MR) is 142 cm³/mol. The van der Waals surface area contributed by atoms with E-state index in [4.69, 9.17) is 4.74 Å². The third-order valence-electron chi connectivity index (χ3n) is 6.06. The molecule has 0 aliphatic rings. The predicted octanol–water partition coefficient (Wildman–Crippen LogP) is 6.10. The number of rotatable bonds is 11. The molecule has 3 aromatic carbocycles. The van der Waals surface area contributed by atoms with Crippen molar-refractivity contribution in [2.24, 2.45) is 0 Å². The smallest absolute Gasteiger partial charge is 0.343 e. The summed E-state index contributed by atoms with van der Waals surface area (Å²) in [5.74, 6) is -0.159. The molecular weight excluding hydrogens is 456 g/mol. The molecule has 0 saturated carbocycles. The lowest BCUT2D eigenvalue weighted by Gasteiger charge is -2.33. The molecule has 0 aliphatic heterocycles. The number of aliphatic hydroxyl groups is 1. The normalized spacial score (nSPS) is 11.1. The third-order valence-corrected chi connectivity index (χ3v) is 6.06. The first-order valence-electron chi connectivity index (χ1n) is 12.3. The molecule has 0 bridgehead atoms. The number of hydrogen-bond acceptors (Lipinski definition) is 6. The van der Waals surface area contributed by atoms with E-state index in [0.29, 0.717) is 24.3 Å². The summed E-state index contributed by atoms with van der Waals surface area (Å²) in [7, 11) is 0. The standard InChI is InChI=1S/C29H34N2O5/c1-20(2)30(21(3)4)27-10-6-8-22(18-27)7-5-9-25-17-23(19-32)11-16-28(25)36-29(33)24-12-14-26(15-13-24)31(34)35/h6,8,10-18,20-21,32H,5,7,9,19H2,1-4H3. The summed E-state index contributed by atoms with van der Waals surface area (Å²) < 4.78 is 5.64. The highest BCUT2D eigenvalue weighted by Crippen LogP contribution is 2.26. The van der Waals surface area contributed by atoms with Crippen LogP contribution in [-0.2, 0) is 19.4 Å². The van der Waals surface area contributed by atoms with Crippen molar-refractivity contribution in [3.05, 3.63) is 99.1 Å². The van der Waals surface area contributed by atoms with Crippen molar-refractivity contribution in [3.8, 4) is 5.75 Å². The van der Waals surface area contributed by atoms with Crippen LogP contribution < -0.4 is 9.64 Å². The summed E-state index contributed by atoms with van der Waals surface area (Å²) in [5.41, 5.74) is 4.16. The molecule has 7 nitrogen and oxygen atoms in total. The largest absolute Gasteiger partial charge is 0.423 e. The molecule has 3 aromatic rings. The number of nitro groups is 1. The van der Waals surface area contributed by atoms with Crippen LogP contribution in [0.3, 0.4) is 0 Å². The van der Waals surface area contributed by atoms with E-state index in [1.54, 1.807) is 12.1 Å². The Kier molecular flexibility index (Phi) is 9.19. The molecule has 0 atom stereocenters. The maximum atomic E-state index is 12.7. The van der Waals surface area contributed by atoms with Crippen molar-refractivity contribution in [1.29, 1.82) is 0 Å². The fourth-order valence-corrected chi connectivity index (χ4v) is 4.45. The summed E-state index contributed by atoms with van der Waals surface area (Å²) >= 11 is 0. The van der Waals surface area contributed by atoms with E-state index >= 15 is 0 Å². The number of benzene rings is 3. The van der Waals surface area contributed by atoms with Gasteiger partial charge in [-0.25, -0.2) is 4.79 Å². The van der Waals surface area contributed by atoms with Crippen LogP contribution in [0.5, 0.6) is 5.75 Å². The van der Waals surface area contributed by atoms with Gasteiger partial charge in [0.2, 0.25) is 0 Å². The number of esters is 1. The molecule has 0 saturated heterocycles. The molecule has 7 heteroatoms. The minimum atomic E-state index is -0.585. The van der Waals surface area contributed by atoms with Crippen molar-refractivity contribution in [2.75, 3.05) is 4.90 Å². The number of aliphatic hydroxyl groups excluding tert-OH is 1. The van der Waals surface area contributed by atoms with Crippen molar-refractivity contribution in [1.82, 2.24) is 0 Å². The highest BCUT2D eigenvalue weighted by Gasteiger charge is 2.16. The molecule has 3 rings (SSSR count). The van der Waals surface area contributed by atoms with Gasteiger partial charge in [0.25, 0.3) is 5.69 Å². The Bertz CT molecular complexity index is 1180. The lowest BCUT2D eigenvalue weighted by Crippen LogP contribution is -2.36. The third kappa shape index (κ3) is 6.92. The molecule has 0 aromatic heterocycles. The van der Waals surface area contributed by atoms with Crippen molar-refractivity contribution < 1.29 is 19.6 Å². The lowest BCUT2D eigenvalue weighted by molar-refractivity contribution is -0.384. The minimum absolute atomic E-state index is 0.0893. The minimum Gasteiger partial charge on any atom is -0.423 e. The van der Waals surface area contributed by atoms with Crippen molar-refractivity contribution in [3.63, 3.8) is 0 Å². The van der Waals surface area contributed by atoms with Crippen LogP contribution in [-0.4, -0.2) is 28.1 Å². The zero-order chi connectivity index (χ0) is 26.2. The van der Waals surface area contributed by atoms with Gasteiger partial charge in [0, 0.05) is 29.9 Å². The summed E-state index contributed by atoms with van der Waals surface area (Å²) in [6.45, 7) is 8.67. The number of anilines is 1. The summed E-state index contributed by atoms with van der Waals surface area (Å²) in [6.07, 6.45) is 2.36. The lowest BCUT2D eigenvalue weighted by atomic mass is 10.0. The topological polar surface area (TPSA) is 92.9 Å². The molecule has 36 heavy (non-hydrogen) atoms. The van der Waals surface area contributed by atoms with Crippen LogP contribution in [0.25, 0.3) is 0 Å². The van der Waals surface area contributed by atoms with Gasteiger partial charge in [0.15, 0.2) is 0 Å². The van der Waals surface area contributed by atoms with E-state index in [2.05, 4.69) is 56.9 Å². The number of hydrogen-bond donors (Lipinski definition) is 1. The molecule has 0 radical (unpaired) electrons. The van der Waals surface area contributed by atoms with Gasteiger partial charge in [-0.2, -0.15) is 0 Å². The maximum Gasteiger partial charge on any atom is 0.343 e. The Balaban J connectivity index is 1.71. The Morgan fingerprint density at radius 1 is 0.944 bits per heavy atom. The number of aryl methyl sites for hydroxylation is 2. The first kappa shape index (κ1) is 26.9. The molecule has 0 aliphatic carbocycles. The molecule has 0 amide bonds. The number of ether oxygens (including phenoxy) is 1. The maximum absolute atomic E-state index is 12.7. The summed E-state index contributed by atoms with van der Waals surface area (Å²) in [6, 6.07) is 20.0. The van der Waals surface area contributed by atoms with Gasteiger partial charge in [-0.05, 0) is 100 Å². The first-order valence-corrected chi connectivity index (χ1v) is 12.3. The SMILES string of the molecule is CC(C)N(c1cccc(CCCc2cc(CO)ccc2OC(=O)c2ccc([N+](=O)[O-])cc2)c1)C(C)C. The van der Waals surface area contributed by atoms with E-state index in [9.17, 15) is 20.0 Å². The van der Waals surface area contributed by atoms with Gasteiger partial charge in [0.05, 0.1) is 17.1 Å². The number of carbonyl (C=O) groups is 1. The van der Waals surface area contributed by atoms with Gasteiger partial charge < -0.3 is 14.7 Å². The van der Waals surface area contributed by atoms with Gasteiger partial charge in [-0.3, -0.25) is 10.1 Å². The van der Waals surface area contributed by atoms with Crippen LogP contribution >= 0.6 is 0 Å². The number of non-ortho nitro benzene ring substituents is 1. The second-order valence-electron chi connectivity index (χ2n) is 9.41. The number of carbonyl (C=O) groups excluding carboxylic acids is 1. The van der Waals surface area contributed by atoms with Crippen molar-refractivity contribution in [2.45, 2.75) is 65.6 Å². The fourth-order valence-electron chi connectivity index (χ4n) is 4.45. The van der Waals surface area contributed by atoms with Gasteiger partial charge >= 0.3 is 5.97 Å². The van der Waals surface area contributed by atoms with E-state index in [1.165, 1.54) is 35.5 Å². The highest BCUT2D eigenvalue weighted by molar-refractivity contribution is 5.91. The molecule has 190 valence electrons. The zero-order valence-electron chi connectivity index (χ0n) is 21.3. The Labute approximate surface area is 212 Å². The highest BCUT2D eigenvalue weighted by atomic mass is 16.6. The van der Waals surface area contributed by atoms with E-state index in [-0.39, 0.29) is 17.9 Å². The molecular formula is C29H34N2O5. The second-order valence-corrected chi connectivity index (χ2v) is 9.41. The summed E-state index contributed by atoms with van der Waals surface area (Å²) in [5, 5.41) is 20.5. The Hall–Kier alpha value is -3.71. The Morgan fingerprint density at radius 3 is 2.25 bits per heavy atom. The van der Waals surface area contributed by atoms with Crippen LogP contribution in [0.2, 0.25) is 0 Å². The average Bonchev–Trinajstić information content (AvgIpc) is 2.84. The second kappa shape index (κ2) is 12.3. The van der Waals surface area contributed by atoms with Crippen molar-refractivity contribution >= 4 is 17.3 Å². The van der Waals surface area contributed by atoms with Crippen LogP contribution in [0.15, 0.2) is 66.7 Å².